The molecule has 6 heteroatoms. The average molecular weight is 423 g/mol. The molecule has 0 bridgehead atoms. The van der Waals surface area contributed by atoms with Crippen LogP contribution in [-0.4, -0.2) is 51.5 Å². The van der Waals surface area contributed by atoms with Crippen molar-refractivity contribution >= 4 is 11.8 Å². The van der Waals surface area contributed by atoms with Crippen LogP contribution in [0, 0.1) is 23.7 Å². The molecule has 0 aromatic carbocycles. The molecular formula is C24H38O6. The molecule has 30 heavy (non-hydrogen) atoms. The van der Waals surface area contributed by atoms with Gasteiger partial charge in [-0.3, -0.25) is 9.59 Å². The number of carbonyl (C=O) groups excluding carboxylic acids is 2. The summed E-state index contributed by atoms with van der Waals surface area (Å²) in [5.41, 5.74) is 0.991. The molecular weight excluding hydrogens is 384 g/mol. The van der Waals surface area contributed by atoms with E-state index in [0.29, 0.717) is 25.7 Å². The Morgan fingerprint density at radius 2 is 1.97 bits per heavy atom. The summed E-state index contributed by atoms with van der Waals surface area (Å²) in [5, 5.41) is 30.6. The average Bonchev–Trinajstić information content (AvgIpc) is 2.65. The molecule has 0 heterocycles. The smallest absolute Gasteiger partial charge is 0.308 e. The summed E-state index contributed by atoms with van der Waals surface area (Å²) in [4.78, 5) is 23.6. The maximum atomic E-state index is 12.5. The van der Waals surface area contributed by atoms with Gasteiger partial charge < -0.3 is 20.1 Å². The summed E-state index contributed by atoms with van der Waals surface area (Å²) < 4.78 is 5.86. The van der Waals surface area contributed by atoms with Crippen molar-refractivity contribution in [1.29, 1.82) is 0 Å². The first-order valence-electron chi connectivity index (χ1n) is 11.3. The van der Waals surface area contributed by atoms with Gasteiger partial charge in [-0.05, 0) is 50.0 Å². The summed E-state index contributed by atoms with van der Waals surface area (Å²) in [6.07, 6.45) is 5.94. The van der Waals surface area contributed by atoms with E-state index in [9.17, 15) is 24.9 Å². The molecule has 0 aromatic rings. The number of carbonyl (C=O) groups is 2. The second-order valence-electron chi connectivity index (χ2n) is 9.19. The molecule has 0 saturated heterocycles. The molecule has 8 atom stereocenters. The number of allylic oxidation sites excluding steroid dienone is 2. The van der Waals surface area contributed by atoms with Gasteiger partial charge in [0.1, 0.15) is 11.9 Å². The molecule has 170 valence electrons. The summed E-state index contributed by atoms with van der Waals surface area (Å²) in [7, 11) is 0. The second kappa shape index (κ2) is 11.2. The van der Waals surface area contributed by atoms with Crippen LogP contribution >= 0.6 is 0 Å². The van der Waals surface area contributed by atoms with Crippen molar-refractivity contribution in [3.63, 3.8) is 0 Å². The zero-order valence-corrected chi connectivity index (χ0v) is 18.7. The van der Waals surface area contributed by atoms with Crippen molar-refractivity contribution in [3.05, 3.63) is 23.8 Å². The Hall–Kier alpha value is -1.50. The fourth-order valence-corrected chi connectivity index (χ4v) is 4.65. The SMILES string of the molecule is CC[C@H](C)C(=O)O[C@H]1C[C@H](O)C=C2C=C[C@H](C)[C@H](CC[C@H](O)C[C@H](O)CC(C)=O)[C@H]21. The van der Waals surface area contributed by atoms with Crippen molar-refractivity contribution < 1.29 is 29.6 Å². The van der Waals surface area contributed by atoms with E-state index in [-0.39, 0.29) is 54.4 Å². The maximum absolute atomic E-state index is 12.5. The number of aliphatic hydroxyl groups is 3. The van der Waals surface area contributed by atoms with Gasteiger partial charge in [0.25, 0.3) is 0 Å². The lowest BCUT2D eigenvalue weighted by Gasteiger charge is -2.43. The van der Waals surface area contributed by atoms with Crippen LogP contribution in [0.5, 0.6) is 0 Å². The Bertz CT molecular complexity index is 654. The zero-order chi connectivity index (χ0) is 22.4. The molecule has 0 radical (unpaired) electrons. The maximum Gasteiger partial charge on any atom is 0.308 e. The standard InChI is InChI=1S/C24H38O6/c1-5-14(2)24(29)30-22-13-20(28)11-17-7-6-15(3)21(23(17)22)9-8-18(26)12-19(27)10-16(4)25/h6-7,11,14-15,18-23,26-28H,5,8-10,12-13H2,1-4H3/t14-,15-,18-,19+,20+,21-,22-,23-/m0/s1. The van der Waals surface area contributed by atoms with E-state index < -0.39 is 18.3 Å². The van der Waals surface area contributed by atoms with Crippen LogP contribution < -0.4 is 0 Å². The van der Waals surface area contributed by atoms with Gasteiger partial charge >= 0.3 is 5.97 Å². The van der Waals surface area contributed by atoms with Crippen LogP contribution in [0.3, 0.4) is 0 Å². The molecule has 2 aliphatic rings. The van der Waals surface area contributed by atoms with Crippen LogP contribution in [0.1, 0.15) is 66.2 Å². The molecule has 0 fully saturated rings. The third kappa shape index (κ3) is 6.76. The highest BCUT2D eigenvalue weighted by Gasteiger charge is 2.42. The number of Topliss-reactive ketones (excluding diaryl/α,β-unsaturated/α-hetero) is 1. The van der Waals surface area contributed by atoms with E-state index in [1.807, 2.05) is 26.0 Å². The van der Waals surface area contributed by atoms with Crippen LogP contribution in [0.4, 0.5) is 0 Å². The van der Waals surface area contributed by atoms with E-state index in [1.165, 1.54) is 6.92 Å². The topological polar surface area (TPSA) is 104 Å². The number of rotatable bonds is 10. The Morgan fingerprint density at radius 3 is 2.60 bits per heavy atom. The normalized spacial score (nSPS) is 31.3. The van der Waals surface area contributed by atoms with Gasteiger partial charge in [0, 0.05) is 18.8 Å². The van der Waals surface area contributed by atoms with Gasteiger partial charge in [-0.15, -0.1) is 0 Å². The van der Waals surface area contributed by atoms with E-state index >= 15 is 0 Å². The van der Waals surface area contributed by atoms with Crippen molar-refractivity contribution in [2.24, 2.45) is 23.7 Å². The third-order valence-electron chi connectivity index (χ3n) is 6.56. The molecule has 2 aliphatic carbocycles. The number of ketones is 1. The number of hydrogen-bond donors (Lipinski definition) is 3. The first-order valence-corrected chi connectivity index (χ1v) is 11.3. The van der Waals surface area contributed by atoms with Crippen molar-refractivity contribution in [3.8, 4) is 0 Å². The Kier molecular flexibility index (Phi) is 9.26. The Morgan fingerprint density at radius 1 is 1.27 bits per heavy atom. The molecule has 3 N–H and O–H groups in total. The number of aliphatic hydroxyl groups excluding tert-OH is 3. The molecule has 0 spiro atoms. The number of hydrogen-bond acceptors (Lipinski definition) is 6. The van der Waals surface area contributed by atoms with Crippen LogP contribution in [0.25, 0.3) is 0 Å². The lowest BCUT2D eigenvalue weighted by atomic mass is 9.66. The molecule has 0 saturated carbocycles. The molecule has 0 aliphatic heterocycles. The van der Waals surface area contributed by atoms with Crippen molar-refractivity contribution in [2.45, 2.75) is 90.6 Å². The number of esters is 1. The monoisotopic (exact) mass is 422 g/mol. The number of ether oxygens (including phenoxy) is 1. The Balaban J connectivity index is 2.09. The minimum absolute atomic E-state index is 0.0178. The molecule has 6 nitrogen and oxygen atoms in total. The first-order chi connectivity index (χ1) is 14.1. The molecule has 2 rings (SSSR count). The van der Waals surface area contributed by atoms with Crippen LogP contribution in [0.15, 0.2) is 23.8 Å². The quantitative estimate of drug-likeness (QED) is 0.468. The van der Waals surface area contributed by atoms with E-state index in [1.54, 1.807) is 0 Å². The minimum Gasteiger partial charge on any atom is -0.461 e. The highest BCUT2D eigenvalue weighted by atomic mass is 16.5. The fourth-order valence-electron chi connectivity index (χ4n) is 4.65. The second-order valence-corrected chi connectivity index (χ2v) is 9.19. The van der Waals surface area contributed by atoms with Crippen LogP contribution in [-0.2, 0) is 14.3 Å². The summed E-state index contributed by atoms with van der Waals surface area (Å²) in [5.74, 6) is -0.136. The van der Waals surface area contributed by atoms with E-state index in [0.717, 1.165) is 5.57 Å². The third-order valence-corrected chi connectivity index (χ3v) is 6.56. The van der Waals surface area contributed by atoms with Gasteiger partial charge in [0.05, 0.1) is 24.2 Å². The molecule has 0 aromatic heterocycles. The highest BCUT2D eigenvalue weighted by molar-refractivity contribution is 5.75. The van der Waals surface area contributed by atoms with Gasteiger partial charge in [-0.2, -0.15) is 0 Å². The highest BCUT2D eigenvalue weighted by Crippen LogP contribution is 2.44. The summed E-state index contributed by atoms with van der Waals surface area (Å²) in [6, 6.07) is 0. The lowest BCUT2D eigenvalue weighted by Crippen LogP contribution is -2.43. The van der Waals surface area contributed by atoms with Gasteiger partial charge in [0.2, 0.25) is 0 Å². The van der Waals surface area contributed by atoms with E-state index in [2.05, 4.69) is 13.0 Å². The van der Waals surface area contributed by atoms with Gasteiger partial charge in [0.15, 0.2) is 0 Å². The molecule has 0 amide bonds. The minimum atomic E-state index is -0.828. The van der Waals surface area contributed by atoms with Crippen molar-refractivity contribution in [2.75, 3.05) is 0 Å². The van der Waals surface area contributed by atoms with E-state index in [4.69, 9.17) is 4.74 Å². The largest absolute Gasteiger partial charge is 0.461 e. The number of fused-ring (bicyclic) bond motifs is 1. The summed E-state index contributed by atoms with van der Waals surface area (Å²) >= 11 is 0. The van der Waals surface area contributed by atoms with Gasteiger partial charge in [-0.25, -0.2) is 0 Å². The predicted octanol–water partition coefficient (Wildman–Crippen LogP) is 2.94. The predicted molar refractivity (Wildman–Crippen MR) is 114 cm³/mol. The molecule has 0 unspecified atom stereocenters. The lowest BCUT2D eigenvalue weighted by molar-refractivity contribution is -0.159. The first kappa shape index (κ1) is 24.8. The van der Waals surface area contributed by atoms with Gasteiger partial charge in [-0.1, -0.05) is 39.0 Å². The Labute approximate surface area is 180 Å². The van der Waals surface area contributed by atoms with Crippen LogP contribution in [0.2, 0.25) is 0 Å². The van der Waals surface area contributed by atoms with Crippen molar-refractivity contribution in [1.82, 2.24) is 0 Å². The summed E-state index contributed by atoms with van der Waals surface area (Å²) in [6.45, 7) is 7.34. The zero-order valence-electron chi connectivity index (χ0n) is 18.7. The fraction of sp³-hybridized carbons (Fsp3) is 0.750.